The van der Waals surface area contributed by atoms with Gasteiger partial charge in [-0.2, -0.15) is 12.6 Å². The van der Waals surface area contributed by atoms with Gasteiger partial charge in [-0.05, 0) is 24.1 Å². The second-order valence-electron chi connectivity index (χ2n) is 2.61. The average molecular weight is 199 g/mol. The van der Waals surface area contributed by atoms with Gasteiger partial charge < -0.3 is 0 Å². The van der Waals surface area contributed by atoms with E-state index in [4.69, 9.17) is 11.6 Å². The smallest absolute Gasteiger partial charge is 0.0480 e. The zero-order chi connectivity index (χ0) is 8.97. The first-order chi connectivity index (χ1) is 5.74. The van der Waals surface area contributed by atoms with Gasteiger partial charge in [-0.1, -0.05) is 35.9 Å². The highest BCUT2D eigenvalue weighted by Crippen LogP contribution is 2.18. The van der Waals surface area contributed by atoms with Crippen LogP contribution in [0.1, 0.15) is 11.1 Å². The van der Waals surface area contributed by atoms with Crippen molar-refractivity contribution < 1.29 is 0 Å². The maximum absolute atomic E-state index is 5.99. The van der Waals surface area contributed by atoms with Gasteiger partial charge in [0.15, 0.2) is 0 Å². The van der Waals surface area contributed by atoms with Crippen LogP contribution in [0.4, 0.5) is 0 Å². The number of aryl methyl sites for hydroxylation is 1. The van der Waals surface area contributed by atoms with Crippen LogP contribution in [-0.4, -0.2) is 5.75 Å². The van der Waals surface area contributed by atoms with Crippen molar-refractivity contribution in [2.24, 2.45) is 0 Å². The third-order valence-corrected chi connectivity index (χ3v) is 2.10. The molecule has 0 aromatic heterocycles. The second-order valence-corrected chi connectivity index (χ2v) is 3.38. The van der Waals surface area contributed by atoms with E-state index in [0.29, 0.717) is 0 Å². The SMILES string of the molecule is Cc1ccc(C=CCS)c(Cl)c1. The number of hydrogen-bond donors (Lipinski definition) is 1. The van der Waals surface area contributed by atoms with Crippen molar-refractivity contribution in [1.29, 1.82) is 0 Å². The highest BCUT2D eigenvalue weighted by molar-refractivity contribution is 7.80. The number of rotatable bonds is 2. The van der Waals surface area contributed by atoms with Crippen LogP contribution < -0.4 is 0 Å². The molecule has 0 heterocycles. The summed E-state index contributed by atoms with van der Waals surface area (Å²) in [6, 6.07) is 6.02. The van der Waals surface area contributed by atoms with E-state index < -0.39 is 0 Å². The molecule has 0 amide bonds. The van der Waals surface area contributed by atoms with Crippen molar-refractivity contribution in [3.8, 4) is 0 Å². The summed E-state index contributed by atoms with van der Waals surface area (Å²) >= 11 is 10.1. The summed E-state index contributed by atoms with van der Waals surface area (Å²) in [5.41, 5.74) is 2.24. The largest absolute Gasteiger partial charge is 0.175 e. The van der Waals surface area contributed by atoms with Gasteiger partial charge in [-0.15, -0.1) is 0 Å². The van der Waals surface area contributed by atoms with Crippen molar-refractivity contribution >= 4 is 30.3 Å². The summed E-state index contributed by atoms with van der Waals surface area (Å²) in [6.45, 7) is 2.03. The first-order valence-electron chi connectivity index (χ1n) is 3.77. The van der Waals surface area contributed by atoms with E-state index >= 15 is 0 Å². The first kappa shape index (κ1) is 9.69. The number of thiol groups is 1. The molecule has 0 unspecified atom stereocenters. The summed E-state index contributed by atoms with van der Waals surface area (Å²) in [7, 11) is 0. The number of benzene rings is 1. The van der Waals surface area contributed by atoms with Gasteiger partial charge >= 0.3 is 0 Å². The van der Waals surface area contributed by atoms with Gasteiger partial charge in [0.2, 0.25) is 0 Å². The Balaban J connectivity index is 2.94. The number of hydrogen-bond acceptors (Lipinski definition) is 1. The van der Waals surface area contributed by atoms with E-state index in [1.165, 1.54) is 5.56 Å². The third-order valence-electron chi connectivity index (χ3n) is 1.56. The van der Waals surface area contributed by atoms with Crippen molar-refractivity contribution in [3.05, 3.63) is 40.4 Å². The zero-order valence-corrected chi connectivity index (χ0v) is 8.57. The summed E-state index contributed by atoms with van der Waals surface area (Å²) < 4.78 is 0. The molecule has 0 saturated heterocycles. The second kappa shape index (κ2) is 4.58. The van der Waals surface area contributed by atoms with E-state index in [2.05, 4.69) is 12.6 Å². The summed E-state index contributed by atoms with van der Waals surface area (Å²) in [6.07, 6.45) is 3.95. The molecule has 0 aliphatic carbocycles. The molecule has 2 heteroatoms. The molecule has 1 aromatic carbocycles. The fourth-order valence-electron chi connectivity index (χ4n) is 0.947. The van der Waals surface area contributed by atoms with Gasteiger partial charge in [-0.3, -0.25) is 0 Å². The van der Waals surface area contributed by atoms with E-state index in [9.17, 15) is 0 Å². The molecule has 0 nitrogen and oxygen atoms in total. The normalized spacial score (nSPS) is 10.9. The quantitative estimate of drug-likeness (QED) is 0.690. The molecule has 0 bridgehead atoms. The molecule has 1 rings (SSSR count). The highest BCUT2D eigenvalue weighted by atomic mass is 35.5. The Labute approximate surface area is 83.7 Å². The fourth-order valence-corrected chi connectivity index (χ4v) is 1.35. The molecule has 0 radical (unpaired) electrons. The third kappa shape index (κ3) is 2.58. The molecule has 0 N–H and O–H groups in total. The molecule has 0 aliphatic heterocycles. The van der Waals surface area contributed by atoms with Crippen molar-refractivity contribution in [2.75, 3.05) is 5.75 Å². The van der Waals surface area contributed by atoms with Crippen LogP contribution >= 0.6 is 24.2 Å². The fraction of sp³-hybridized carbons (Fsp3) is 0.200. The molecule has 12 heavy (non-hydrogen) atoms. The van der Waals surface area contributed by atoms with E-state index in [1.807, 2.05) is 37.3 Å². The molecule has 0 saturated carbocycles. The van der Waals surface area contributed by atoms with Crippen LogP contribution in [0.5, 0.6) is 0 Å². The summed E-state index contributed by atoms with van der Waals surface area (Å²) in [4.78, 5) is 0. The minimum absolute atomic E-state index is 0.740. The van der Waals surface area contributed by atoms with E-state index in [1.54, 1.807) is 0 Å². The van der Waals surface area contributed by atoms with Crippen LogP contribution in [0.3, 0.4) is 0 Å². The molecular formula is C10H11ClS. The first-order valence-corrected chi connectivity index (χ1v) is 4.78. The Hall–Kier alpha value is -0.400. The van der Waals surface area contributed by atoms with E-state index in [0.717, 1.165) is 16.3 Å². The zero-order valence-electron chi connectivity index (χ0n) is 6.92. The molecule has 64 valence electrons. The van der Waals surface area contributed by atoms with Crippen LogP contribution in [0.15, 0.2) is 24.3 Å². The Bertz CT molecular complexity index is 292. The average Bonchev–Trinajstić information content (AvgIpc) is 2.03. The predicted molar refractivity (Wildman–Crippen MR) is 59.1 cm³/mol. The lowest BCUT2D eigenvalue weighted by Gasteiger charge is -1.98. The maximum Gasteiger partial charge on any atom is 0.0480 e. The Morgan fingerprint density at radius 1 is 1.50 bits per heavy atom. The van der Waals surface area contributed by atoms with Crippen molar-refractivity contribution in [2.45, 2.75) is 6.92 Å². The summed E-state index contributed by atoms with van der Waals surface area (Å²) in [5, 5.41) is 0.799. The predicted octanol–water partition coefficient (Wildman–Crippen LogP) is 3.59. The lowest BCUT2D eigenvalue weighted by Crippen LogP contribution is -1.77. The van der Waals surface area contributed by atoms with Crippen LogP contribution in [0.25, 0.3) is 6.08 Å². The molecule has 0 fully saturated rings. The van der Waals surface area contributed by atoms with Crippen LogP contribution in [0, 0.1) is 6.92 Å². The monoisotopic (exact) mass is 198 g/mol. The Morgan fingerprint density at radius 2 is 2.25 bits per heavy atom. The lowest BCUT2D eigenvalue weighted by atomic mass is 10.1. The molecule has 0 spiro atoms. The van der Waals surface area contributed by atoms with Crippen LogP contribution in [0.2, 0.25) is 5.02 Å². The topological polar surface area (TPSA) is 0 Å². The summed E-state index contributed by atoms with van der Waals surface area (Å²) in [5.74, 6) is 0.740. The van der Waals surface area contributed by atoms with E-state index in [-0.39, 0.29) is 0 Å². The minimum atomic E-state index is 0.740. The van der Waals surface area contributed by atoms with Gasteiger partial charge in [0.1, 0.15) is 0 Å². The maximum atomic E-state index is 5.99. The number of halogens is 1. The Morgan fingerprint density at radius 3 is 2.83 bits per heavy atom. The van der Waals surface area contributed by atoms with Crippen molar-refractivity contribution in [3.63, 3.8) is 0 Å². The minimum Gasteiger partial charge on any atom is -0.175 e. The Kier molecular flexibility index (Phi) is 3.70. The molecule has 1 aromatic rings. The van der Waals surface area contributed by atoms with Crippen molar-refractivity contribution in [1.82, 2.24) is 0 Å². The lowest BCUT2D eigenvalue weighted by molar-refractivity contribution is 1.46. The van der Waals surface area contributed by atoms with Crippen LogP contribution in [-0.2, 0) is 0 Å². The highest BCUT2D eigenvalue weighted by Gasteiger charge is 1.94. The standard InChI is InChI=1S/C10H11ClS/c1-8-4-5-9(3-2-6-12)10(11)7-8/h2-5,7,12H,6H2,1H3. The molecular weight excluding hydrogens is 188 g/mol. The van der Waals surface area contributed by atoms with Gasteiger partial charge in [0, 0.05) is 10.8 Å². The van der Waals surface area contributed by atoms with Gasteiger partial charge in [-0.25, -0.2) is 0 Å². The molecule has 0 aliphatic rings. The van der Waals surface area contributed by atoms with Gasteiger partial charge in [0.05, 0.1) is 0 Å². The van der Waals surface area contributed by atoms with Gasteiger partial charge in [0.25, 0.3) is 0 Å². The molecule has 0 atom stereocenters.